The summed E-state index contributed by atoms with van der Waals surface area (Å²) in [5.74, 6) is 0.742. The van der Waals surface area contributed by atoms with E-state index in [-0.39, 0.29) is 5.91 Å². The maximum Gasteiger partial charge on any atom is 0.254 e. The minimum atomic E-state index is -0.0888. The topological polar surface area (TPSA) is 42.4 Å². The minimum Gasteiger partial charge on any atom is -0.497 e. The van der Waals surface area contributed by atoms with Gasteiger partial charge in [0.1, 0.15) is 10.9 Å². The largest absolute Gasteiger partial charge is 0.497 e. The highest BCUT2D eigenvalue weighted by atomic mass is 35.5. The molecule has 0 bridgehead atoms. The molecule has 1 amide bonds. The number of carbonyl (C=O) groups is 1. The summed E-state index contributed by atoms with van der Waals surface area (Å²) in [4.78, 5) is 18.0. The molecule has 0 aliphatic heterocycles. The first-order chi connectivity index (χ1) is 11.6. The van der Waals surface area contributed by atoms with Gasteiger partial charge in [0.15, 0.2) is 0 Å². The third kappa shape index (κ3) is 3.49. The van der Waals surface area contributed by atoms with Gasteiger partial charge >= 0.3 is 0 Å². The zero-order chi connectivity index (χ0) is 17.1. The Labute approximate surface area is 145 Å². The number of nitrogens with zero attached hydrogens (tertiary/aromatic N) is 2. The Balaban J connectivity index is 1.79. The van der Waals surface area contributed by atoms with Crippen LogP contribution in [0.4, 0.5) is 0 Å². The van der Waals surface area contributed by atoms with Gasteiger partial charge in [0, 0.05) is 25.4 Å². The van der Waals surface area contributed by atoms with Gasteiger partial charge in [-0.3, -0.25) is 4.79 Å². The van der Waals surface area contributed by atoms with Crippen LogP contribution in [-0.4, -0.2) is 29.9 Å². The average molecular weight is 341 g/mol. The highest BCUT2D eigenvalue weighted by molar-refractivity contribution is 6.29. The summed E-state index contributed by atoms with van der Waals surface area (Å²) >= 11 is 5.85. The summed E-state index contributed by atoms with van der Waals surface area (Å²) in [7, 11) is 3.43. The van der Waals surface area contributed by atoms with Crippen molar-refractivity contribution in [3.63, 3.8) is 0 Å². The monoisotopic (exact) mass is 340 g/mol. The summed E-state index contributed by atoms with van der Waals surface area (Å²) in [6.07, 6.45) is 1.53. The van der Waals surface area contributed by atoms with Crippen molar-refractivity contribution in [3.05, 3.63) is 71.0 Å². The molecule has 0 atom stereocenters. The molecule has 1 aromatic heterocycles. The van der Waals surface area contributed by atoms with Crippen molar-refractivity contribution in [2.24, 2.45) is 0 Å². The Morgan fingerprint density at radius 3 is 2.62 bits per heavy atom. The van der Waals surface area contributed by atoms with E-state index in [1.165, 1.54) is 6.20 Å². The van der Waals surface area contributed by atoms with Gasteiger partial charge in [-0.1, -0.05) is 29.8 Å². The van der Waals surface area contributed by atoms with Crippen molar-refractivity contribution < 1.29 is 9.53 Å². The molecular weight excluding hydrogens is 324 g/mol. The molecule has 0 N–H and O–H groups in total. The molecule has 0 radical (unpaired) electrons. The van der Waals surface area contributed by atoms with E-state index < -0.39 is 0 Å². The number of amides is 1. The lowest BCUT2D eigenvalue weighted by Crippen LogP contribution is -2.26. The van der Waals surface area contributed by atoms with E-state index in [2.05, 4.69) is 11.1 Å². The average Bonchev–Trinajstić information content (AvgIpc) is 2.60. The van der Waals surface area contributed by atoms with Crippen LogP contribution in [0.5, 0.6) is 5.75 Å². The first-order valence-electron chi connectivity index (χ1n) is 7.50. The number of ether oxygens (including phenoxy) is 1. The predicted octanol–water partition coefficient (Wildman–Crippen LogP) is 4.17. The molecule has 5 heteroatoms. The maximum absolute atomic E-state index is 12.5. The predicted molar refractivity (Wildman–Crippen MR) is 95.5 cm³/mol. The number of halogens is 1. The molecule has 3 aromatic rings. The second kappa shape index (κ2) is 6.89. The van der Waals surface area contributed by atoms with E-state index in [0.717, 1.165) is 22.1 Å². The fourth-order valence-electron chi connectivity index (χ4n) is 2.60. The first-order valence-corrected chi connectivity index (χ1v) is 7.88. The maximum atomic E-state index is 12.5. The van der Waals surface area contributed by atoms with Crippen molar-refractivity contribution in [1.82, 2.24) is 9.88 Å². The van der Waals surface area contributed by atoms with Crippen LogP contribution in [0.25, 0.3) is 10.8 Å². The molecule has 24 heavy (non-hydrogen) atoms. The summed E-state index contributed by atoms with van der Waals surface area (Å²) < 4.78 is 5.24. The number of aromatic nitrogens is 1. The fraction of sp³-hybridized carbons (Fsp3) is 0.158. The van der Waals surface area contributed by atoms with E-state index in [1.54, 1.807) is 31.2 Å². The second-order valence-electron chi connectivity index (χ2n) is 5.58. The van der Waals surface area contributed by atoms with Crippen LogP contribution in [0.2, 0.25) is 5.15 Å². The molecule has 122 valence electrons. The highest BCUT2D eigenvalue weighted by Crippen LogP contribution is 2.22. The Kier molecular flexibility index (Phi) is 4.67. The van der Waals surface area contributed by atoms with E-state index in [1.807, 2.05) is 30.3 Å². The van der Waals surface area contributed by atoms with Crippen molar-refractivity contribution in [2.75, 3.05) is 14.2 Å². The van der Waals surface area contributed by atoms with Crippen LogP contribution in [-0.2, 0) is 6.54 Å². The number of benzene rings is 2. The van der Waals surface area contributed by atoms with Gasteiger partial charge in [0.25, 0.3) is 5.91 Å². The van der Waals surface area contributed by atoms with Gasteiger partial charge in [-0.15, -0.1) is 0 Å². The van der Waals surface area contributed by atoms with Gasteiger partial charge in [-0.25, -0.2) is 4.98 Å². The van der Waals surface area contributed by atoms with Crippen LogP contribution in [0, 0.1) is 0 Å². The lowest BCUT2D eigenvalue weighted by molar-refractivity contribution is 0.0785. The number of rotatable bonds is 4. The number of carbonyl (C=O) groups excluding carboxylic acids is 1. The molecule has 0 fully saturated rings. The smallest absolute Gasteiger partial charge is 0.254 e. The van der Waals surface area contributed by atoms with E-state index in [0.29, 0.717) is 17.3 Å². The van der Waals surface area contributed by atoms with Crippen molar-refractivity contribution in [1.29, 1.82) is 0 Å². The molecule has 1 heterocycles. The molecule has 0 saturated heterocycles. The zero-order valence-electron chi connectivity index (χ0n) is 13.5. The Hall–Kier alpha value is -2.59. The van der Waals surface area contributed by atoms with Gasteiger partial charge in [0.05, 0.1) is 7.11 Å². The summed E-state index contributed by atoms with van der Waals surface area (Å²) in [5, 5.41) is 2.53. The van der Waals surface area contributed by atoms with E-state index in [4.69, 9.17) is 16.3 Å². The summed E-state index contributed by atoms with van der Waals surface area (Å²) in [6, 6.07) is 15.3. The van der Waals surface area contributed by atoms with E-state index in [9.17, 15) is 4.79 Å². The Morgan fingerprint density at radius 2 is 1.88 bits per heavy atom. The first kappa shape index (κ1) is 16.3. The third-order valence-electron chi connectivity index (χ3n) is 3.85. The molecule has 0 aliphatic rings. The molecule has 4 nitrogen and oxygen atoms in total. The summed E-state index contributed by atoms with van der Waals surface area (Å²) in [6.45, 7) is 0.515. The van der Waals surface area contributed by atoms with Crippen LogP contribution < -0.4 is 4.74 Å². The number of methoxy groups -OCH3 is 1. The van der Waals surface area contributed by atoms with Crippen molar-refractivity contribution in [3.8, 4) is 5.75 Å². The summed E-state index contributed by atoms with van der Waals surface area (Å²) in [5.41, 5.74) is 1.59. The van der Waals surface area contributed by atoms with Crippen molar-refractivity contribution >= 4 is 28.3 Å². The number of fused-ring (bicyclic) bond motifs is 1. The lowest BCUT2D eigenvalue weighted by Gasteiger charge is -2.18. The molecule has 3 rings (SSSR count). The SMILES string of the molecule is COc1ccc2cc(CN(C)C(=O)c3ccnc(Cl)c3)ccc2c1. The van der Waals surface area contributed by atoms with Gasteiger partial charge in [0.2, 0.25) is 0 Å². The molecule has 0 saturated carbocycles. The van der Waals surface area contributed by atoms with Crippen LogP contribution in [0.3, 0.4) is 0 Å². The standard InChI is InChI=1S/C19H17ClN2O2/c1-22(19(23)16-7-8-21-18(20)11-16)12-13-3-4-15-10-17(24-2)6-5-14(15)9-13/h3-11H,12H2,1-2H3. The second-order valence-corrected chi connectivity index (χ2v) is 5.96. The lowest BCUT2D eigenvalue weighted by atomic mass is 10.1. The van der Waals surface area contributed by atoms with E-state index >= 15 is 0 Å². The molecular formula is C19H17ClN2O2. The van der Waals surface area contributed by atoms with Gasteiger partial charge in [-0.2, -0.15) is 0 Å². The third-order valence-corrected chi connectivity index (χ3v) is 4.06. The Morgan fingerprint density at radius 1 is 1.12 bits per heavy atom. The van der Waals surface area contributed by atoms with Crippen molar-refractivity contribution in [2.45, 2.75) is 6.54 Å². The molecule has 2 aromatic carbocycles. The fourth-order valence-corrected chi connectivity index (χ4v) is 2.77. The minimum absolute atomic E-state index is 0.0888. The molecule has 0 spiro atoms. The van der Waals surface area contributed by atoms with Crippen LogP contribution in [0.1, 0.15) is 15.9 Å². The normalized spacial score (nSPS) is 10.6. The zero-order valence-corrected chi connectivity index (χ0v) is 14.2. The molecule has 0 unspecified atom stereocenters. The molecule has 0 aliphatic carbocycles. The number of hydrogen-bond acceptors (Lipinski definition) is 3. The quantitative estimate of drug-likeness (QED) is 0.669. The van der Waals surface area contributed by atoms with Crippen LogP contribution in [0.15, 0.2) is 54.7 Å². The van der Waals surface area contributed by atoms with Crippen LogP contribution >= 0.6 is 11.6 Å². The number of hydrogen-bond donors (Lipinski definition) is 0. The number of pyridine rings is 1. The highest BCUT2D eigenvalue weighted by Gasteiger charge is 2.13. The van der Waals surface area contributed by atoms with Gasteiger partial charge < -0.3 is 9.64 Å². The Bertz CT molecular complexity index is 895. The van der Waals surface area contributed by atoms with Gasteiger partial charge in [-0.05, 0) is 46.7 Å².